The van der Waals surface area contributed by atoms with E-state index in [0.29, 0.717) is 29.5 Å². The van der Waals surface area contributed by atoms with E-state index in [9.17, 15) is 9.59 Å². The largest absolute Gasteiger partial charge is 0.397 e. The molecule has 3 heterocycles. The second-order valence-electron chi connectivity index (χ2n) is 4.81. The lowest BCUT2D eigenvalue weighted by molar-refractivity contribution is 0.100. The second kappa shape index (κ2) is 4.85. The molecular formula is C12H14N6O2S. The first-order chi connectivity index (χ1) is 9.99. The molecule has 0 bridgehead atoms. The molecule has 0 radical (unpaired) electrons. The third kappa shape index (κ3) is 2.15. The summed E-state index contributed by atoms with van der Waals surface area (Å²) in [6.07, 6.45) is 1.67. The van der Waals surface area contributed by atoms with Gasteiger partial charge in [0.2, 0.25) is 0 Å². The number of carbonyl (C=O) groups excluding carboxylic acids is 2. The molecule has 1 aliphatic heterocycles. The van der Waals surface area contributed by atoms with Crippen molar-refractivity contribution in [1.29, 1.82) is 0 Å². The van der Waals surface area contributed by atoms with Gasteiger partial charge in [-0.2, -0.15) is 0 Å². The molecule has 110 valence electrons. The number of primary amides is 1. The molecule has 9 heteroatoms. The summed E-state index contributed by atoms with van der Waals surface area (Å²) in [4.78, 5) is 25.6. The molecule has 3 rings (SSSR count). The van der Waals surface area contributed by atoms with Crippen LogP contribution in [0.3, 0.4) is 0 Å². The summed E-state index contributed by atoms with van der Waals surface area (Å²) >= 11 is 1.20. The van der Waals surface area contributed by atoms with Gasteiger partial charge in [0.25, 0.3) is 5.91 Å². The van der Waals surface area contributed by atoms with Crippen LogP contribution in [0.2, 0.25) is 0 Å². The van der Waals surface area contributed by atoms with Gasteiger partial charge in [0.15, 0.2) is 11.6 Å². The SMILES string of the molecule is CC(=O)c1sc(N2CCn3cnnc3C2)c(C(N)=O)c1N. The highest BCUT2D eigenvalue weighted by Gasteiger charge is 2.28. The lowest BCUT2D eigenvalue weighted by Gasteiger charge is -2.28. The number of nitrogens with two attached hydrogens (primary N) is 2. The molecule has 1 amide bonds. The molecule has 0 saturated carbocycles. The molecule has 0 aliphatic carbocycles. The molecule has 4 N–H and O–H groups in total. The number of thiophene rings is 1. The minimum atomic E-state index is -0.627. The third-order valence-corrected chi connectivity index (χ3v) is 4.79. The summed E-state index contributed by atoms with van der Waals surface area (Å²) in [5, 5.41) is 8.52. The predicted molar refractivity (Wildman–Crippen MR) is 78.3 cm³/mol. The van der Waals surface area contributed by atoms with Crippen LogP contribution in [0.4, 0.5) is 10.7 Å². The maximum atomic E-state index is 11.7. The highest BCUT2D eigenvalue weighted by Crippen LogP contribution is 2.39. The Hall–Kier alpha value is -2.42. The Bertz CT molecular complexity index is 734. The van der Waals surface area contributed by atoms with E-state index < -0.39 is 5.91 Å². The zero-order valence-corrected chi connectivity index (χ0v) is 12.2. The van der Waals surface area contributed by atoms with E-state index in [1.54, 1.807) is 6.33 Å². The maximum Gasteiger partial charge on any atom is 0.253 e. The van der Waals surface area contributed by atoms with Crippen molar-refractivity contribution in [3.8, 4) is 0 Å². The van der Waals surface area contributed by atoms with Crippen LogP contribution in [0.15, 0.2) is 6.33 Å². The number of nitrogens with zero attached hydrogens (tertiary/aromatic N) is 4. The zero-order chi connectivity index (χ0) is 15.1. The number of hydrogen-bond donors (Lipinski definition) is 2. The minimum absolute atomic E-state index is 0.169. The Morgan fingerprint density at radius 2 is 2.14 bits per heavy atom. The van der Waals surface area contributed by atoms with Crippen molar-refractivity contribution >= 4 is 33.7 Å². The number of anilines is 2. The summed E-state index contributed by atoms with van der Waals surface area (Å²) in [6, 6.07) is 0. The van der Waals surface area contributed by atoms with E-state index in [2.05, 4.69) is 10.2 Å². The lowest BCUT2D eigenvalue weighted by atomic mass is 10.2. The van der Waals surface area contributed by atoms with Crippen LogP contribution in [0.1, 0.15) is 32.8 Å². The van der Waals surface area contributed by atoms with Crippen molar-refractivity contribution in [1.82, 2.24) is 14.8 Å². The Balaban J connectivity index is 2.05. The molecule has 0 unspecified atom stereocenters. The molecule has 0 atom stereocenters. The normalized spacial score (nSPS) is 14.0. The van der Waals surface area contributed by atoms with Gasteiger partial charge in [0.05, 0.1) is 22.7 Å². The average molecular weight is 306 g/mol. The minimum Gasteiger partial charge on any atom is -0.397 e. The standard InChI is InChI=1S/C12H14N6O2S/c1-6(19)10-9(13)8(11(14)20)12(21-10)17-2-3-18-5-15-16-7(18)4-17/h5H,2-4,13H2,1H3,(H2,14,20). The van der Waals surface area contributed by atoms with Crippen molar-refractivity contribution in [2.75, 3.05) is 17.2 Å². The van der Waals surface area contributed by atoms with Gasteiger partial charge in [0, 0.05) is 20.0 Å². The van der Waals surface area contributed by atoms with E-state index in [-0.39, 0.29) is 17.0 Å². The Morgan fingerprint density at radius 1 is 1.38 bits per heavy atom. The maximum absolute atomic E-state index is 11.7. The average Bonchev–Trinajstić information content (AvgIpc) is 3.01. The van der Waals surface area contributed by atoms with Crippen molar-refractivity contribution in [2.24, 2.45) is 5.73 Å². The summed E-state index contributed by atoms with van der Waals surface area (Å²) in [5.74, 6) is -0.00210. The van der Waals surface area contributed by atoms with E-state index >= 15 is 0 Å². The summed E-state index contributed by atoms with van der Waals surface area (Å²) in [6.45, 7) is 3.29. The van der Waals surface area contributed by atoms with E-state index in [0.717, 1.165) is 5.82 Å². The number of ketones is 1. The van der Waals surface area contributed by atoms with E-state index in [1.807, 2.05) is 9.47 Å². The summed E-state index contributed by atoms with van der Waals surface area (Å²) < 4.78 is 1.95. The van der Waals surface area contributed by atoms with Crippen molar-refractivity contribution < 1.29 is 9.59 Å². The lowest BCUT2D eigenvalue weighted by Crippen LogP contribution is -2.34. The molecule has 2 aromatic rings. The number of rotatable bonds is 3. The van der Waals surface area contributed by atoms with Crippen molar-refractivity contribution in [3.05, 3.63) is 22.6 Å². The first-order valence-corrected chi connectivity index (χ1v) is 7.15. The Morgan fingerprint density at radius 3 is 2.81 bits per heavy atom. The molecule has 8 nitrogen and oxygen atoms in total. The molecule has 21 heavy (non-hydrogen) atoms. The van der Waals surface area contributed by atoms with Gasteiger partial charge in [-0.05, 0) is 0 Å². The smallest absolute Gasteiger partial charge is 0.253 e. The fourth-order valence-electron chi connectivity index (χ4n) is 2.39. The van der Waals surface area contributed by atoms with Gasteiger partial charge in [-0.3, -0.25) is 9.59 Å². The fourth-order valence-corrected chi connectivity index (χ4v) is 3.54. The van der Waals surface area contributed by atoms with Gasteiger partial charge >= 0.3 is 0 Å². The first kappa shape index (κ1) is 13.6. The van der Waals surface area contributed by atoms with E-state index in [1.165, 1.54) is 18.3 Å². The number of amides is 1. The predicted octanol–water partition coefficient (Wildman–Crippen LogP) is 0.244. The van der Waals surface area contributed by atoms with Crippen LogP contribution in [0, 0.1) is 0 Å². The number of fused-ring (bicyclic) bond motifs is 1. The summed E-state index contributed by atoms with van der Waals surface area (Å²) in [5.41, 5.74) is 11.7. The zero-order valence-electron chi connectivity index (χ0n) is 11.4. The summed E-state index contributed by atoms with van der Waals surface area (Å²) in [7, 11) is 0. The molecule has 0 fully saturated rings. The highest BCUT2D eigenvalue weighted by molar-refractivity contribution is 7.19. The molecule has 2 aromatic heterocycles. The highest BCUT2D eigenvalue weighted by atomic mass is 32.1. The number of hydrogen-bond acceptors (Lipinski definition) is 7. The number of aromatic nitrogens is 3. The number of nitrogen functional groups attached to an aromatic ring is 1. The number of carbonyl (C=O) groups is 2. The Kier molecular flexibility index (Phi) is 3.13. The van der Waals surface area contributed by atoms with Crippen molar-refractivity contribution in [2.45, 2.75) is 20.0 Å². The van der Waals surface area contributed by atoms with Gasteiger partial charge in [-0.15, -0.1) is 21.5 Å². The fraction of sp³-hybridized carbons (Fsp3) is 0.333. The molecule has 0 spiro atoms. The van der Waals surface area contributed by atoms with E-state index in [4.69, 9.17) is 11.5 Å². The Labute approximate surface area is 124 Å². The van der Waals surface area contributed by atoms with Crippen LogP contribution < -0.4 is 16.4 Å². The van der Waals surface area contributed by atoms with Crippen LogP contribution in [0.25, 0.3) is 0 Å². The number of Topliss-reactive ketones (excluding diaryl/α,β-unsaturated/α-hetero) is 1. The quantitative estimate of drug-likeness (QED) is 0.784. The second-order valence-corrected chi connectivity index (χ2v) is 5.81. The molecule has 0 aromatic carbocycles. The molecule has 1 aliphatic rings. The topological polar surface area (TPSA) is 120 Å². The van der Waals surface area contributed by atoms with Gasteiger partial charge in [-0.25, -0.2) is 0 Å². The van der Waals surface area contributed by atoms with Gasteiger partial charge in [0.1, 0.15) is 11.3 Å². The van der Waals surface area contributed by atoms with Crippen molar-refractivity contribution in [3.63, 3.8) is 0 Å². The first-order valence-electron chi connectivity index (χ1n) is 6.33. The van der Waals surface area contributed by atoms with Crippen LogP contribution in [-0.2, 0) is 13.1 Å². The molecule has 0 saturated heterocycles. The van der Waals surface area contributed by atoms with Gasteiger partial charge < -0.3 is 20.9 Å². The van der Waals surface area contributed by atoms with Crippen LogP contribution >= 0.6 is 11.3 Å². The monoisotopic (exact) mass is 306 g/mol. The van der Waals surface area contributed by atoms with Crippen LogP contribution in [0.5, 0.6) is 0 Å². The third-order valence-electron chi connectivity index (χ3n) is 3.42. The molecular weight excluding hydrogens is 292 g/mol. The van der Waals surface area contributed by atoms with Gasteiger partial charge in [-0.1, -0.05) is 0 Å². The van der Waals surface area contributed by atoms with Crippen LogP contribution in [-0.4, -0.2) is 33.0 Å².